The number of hydrogen-bond acceptors (Lipinski definition) is 3. The Morgan fingerprint density at radius 3 is 2.88 bits per heavy atom. The van der Waals surface area contributed by atoms with Gasteiger partial charge in [-0.2, -0.15) is 0 Å². The molecule has 24 heavy (non-hydrogen) atoms. The Morgan fingerprint density at radius 2 is 2.04 bits per heavy atom. The van der Waals surface area contributed by atoms with Crippen LogP contribution < -0.4 is 0 Å². The van der Waals surface area contributed by atoms with E-state index in [0.29, 0.717) is 5.92 Å². The summed E-state index contributed by atoms with van der Waals surface area (Å²) >= 11 is 0. The van der Waals surface area contributed by atoms with Crippen molar-refractivity contribution in [1.29, 1.82) is 0 Å². The zero-order valence-electron chi connectivity index (χ0n) is 15.2. The van der Waals surface area contributed by atoms with Gasteiger partial charge in [-0.25, -0.2) is 4.79 Å². The molecule has 0 aromatic rings. The first-order valence-corrected chi connectivity index (χ1v) is 9.91. The first-order chi connectivity index (χ1) is 11.7. The zero-order chi connectivity index (χ0) is 16.9. The minimum Gasteiger partial charge on any atom is -0.460 e. The average Bonchev–Trinajstić information content (AvgIpc) is 3.03. The first kappa shape index (κ1) is 17.7. The molecule has 134 valence electrons. The van der Waals surface area contributed by atoms with Crippen molar-refractivity contribution in [3.63, 3.8) is 0 Å². The van der Waals surface area contributed by atoms with Crippen LogP contribution >= 0.6 is 0 Å². The Morgan fingerprint density at radius 1 is 1.21 bits per heavy atom. The topological polar surface area (TPSA) is 35.5 Å². The first-order valence-electron chi connectivity index (χ1n) is 9.91. The van der Waals surface area contributed by atoms with Crippen LogP contribution in [0.25, 0.3) is 0 Å². The molecule has 1 aliphatic carbocycles. The standard InChI is InChI=1S/C21H32O3/c1-3-4-5-6-7-8-9-12-18-15(2)14-17-16-11-10-13-19(16)24-21(22)20(17)23-18/h9,12,14,16-20H,3-8,10-11,13H2,1-2H3/b12-9+/t16-,17-,18+,19+,20-/m1/s1. The summed E-state index contributed by atoms with van der Waals surface area (Å²) in [5.41, 5.74) is 1.25. The van der Waals surface area contributed by atoms with Crippen LogP contribution in [0.3, 0.4) is 0 Å². The van der Waals surface area contributed by atoms with E-state index in [1.807, 2.05) is 0 Å². The molecule has 1 saturated heterocycles. The van der Waals surface area contributed by atoms with Gasteiger partial charge in [0.05, 0.1) is 6.10 Å². The molecular formula is C21H32O3. The molecule has 0 aromatic heterocycles. The van der Waals surface area contributed by atoms with Crippen molar-refractivity contribution < 1.29 is 14.3 Å². The molecule has 0 radical (unpaired) electrons. The van der Waals surface area contributed by atoms with E-state index in [1.165, 1.54) is 44.1 Å². The quantitative estimate of drug-likeness (QED) is 0.375. The van der Waals surface area contributed by atoms with Gasteiger partial charge in [0.15, 0.2) is 6.10 Å². The van der Waals surface area contributed by atoms with Crippen molar-refractivity contribution in [1.82, 2.24) is 0 Å². The van der Waals surface area contributed by atoms with Crippen LogP contribution in [0.4, 0.5) is 0 Å². The highest BCUT2D eigenvalue weighted by atomic mass is 16.6. The molecule has 0 amide bonds. The van der Waals surface area contributed by atoms with Gasteiger partial charge in [0, 0.05) is 11.8 Å². The second-order valence-electron chi connectivity index (χ2n) is 7.67. The van der Waals surface area contributed by atoms with E-state index in [4.69, 9.17) is 9.47 Å². The van der Waals surface area contributed by atoms with Crippen LogP contribution in [0.5, 0.6) is 0 Å². The lowest BCUT2D eigenvalue weighted by atomic mass is 9.79. The third-order valence-corrected chi connectivity index (χ3v) is 5.83. The monoisotopic (exact) mass is 332 g/mol. The SMILES string of the molecule is CCCCCCC/C=C/[C@@H]1O[C@H]2C(=O)O[C@H]3CCC[C@@H]3[C@H]2C=C1C. The van der Waals surface area contributed by atoms with E-state index in [-0.39, 0.29) is 24.1 Å². The number of unbranched alkanes of at least 4 members (excludes halogenated alkanes) is 5. The number of allylic oxidation sites excluding steroid dienone is 1. The molecule has 3 aliphatic rings. The normalized spacial score (nSPS) is 35.5. The lowest BCUT2D eigenvalue weighted by Gasteiger charge is -2.41. The lowest BCUT2D eigenvalue weighted by Crippen LogP contribution is -2.50. The lowest BCUT2D eigenvalue weighted by molar-refractivity contribution is -0.185. The summed E-state index contributed by atoms with van der Waals surface area (Å²) in [6.45, 7) is 4.38. The number of ether oxygens (including phenoxy) is 2. The maximum absolute atomic E-state index is 12.3. The van der Waals surface area contributed by atoms with E-state index < -0.39 is 6.10 Å². The fourth-order valence-electron chi connectivity index (χ4n) is 4.44. The van der Waals surface area contributed by atoms with Crippen LogP contribution in [0.15, 0.2) is 23.8 Å². The van der Waals surface area contributed by atoms with Crippen LogP contribution in [0.2, 0.25) is 0 Å². The molecule has 2 heterocycles. The van der Waals surface area contributed by atoms with E-state index >= 15 is 0 Å². The fourth-order valence-corrected chi connectivity index (χ4v) is 4.44. The summed E-state index contributed by atoms with van der Waals surface area (Å²) < 4.78 is 11.8. The molecule has 5 atom stereocenters. The van der Waals surface area contributed by atoms with Gasteiger partial charge in [0.2, 0.25) is 0 Å². The van der Waals surface area contributed by atoms with Crippen molar-refractivity contribution >= 4 is 5.97 Å². The molecule has 0 bridgehead atoms. The Hall–Kier alpha value is -1.09. The maximum atomic E-state index is 12.3. The summed E-state index contributed by atoms with van der Waals surface area (Å²) in [6.07, 6.45) is 17.3. The second-order valence-corrected chi connectivity index (χ2v) is 7.67. The molecule has 2 aliphatic heterocycles. The number of hydrogen-bond donors (Lipinski definition) is 0. The average molecular weight is 332 g/mol. The fraction of sp³-hybridized carbons (Fsp3) is 0.762. The molecule has 3 rings (SSSR count). The number of fused-ring (bicyclic) bond motifs is 3. The van der Waals surface area contributed by atoms with Crippen LogP contribution in [-0.4, -0.2) is 24.3 Å². The van der Waals surface area contributed by atoms with Gasteiger partial charge in [-0.15, -0.1) is 0 Å². The van der Waals surface area contributed by atoms with Gasteiger partial charge in [-0.05, 0) is 44.6 Å². The van der Waals surface area contributed by atoms with Gasteiger partial charge in [0.25, 0.3) is 0 Å². The second kappa shape index (κ2) is 8.33. The summed E-state index contributed by atoms with van der Waals surface area (Å²) in [7, 11) is 0. The van der Waals surface area contributed by atoms with Crippen molar-refractivity contribution in [3.05, 3.63) is 23.8 Å². The molecule has 3 heteroatoms. The molecular weight excluding hydrogens is 300 g/mol. The maximum Gasteiger partial charge on any atom is 0.336 e. The third-order valence-electron chi connectivity index (χ3n) is 5.83. The van der Waals surface area contributed by atoms with Crippen LogP contribution in [0.1, 0.15) is 71.6 Å². The Kier molecular flexibility index (Phi) is 6.15. The van der Waals surface area contributed by atoms with Gasteiger partial charge >= 0.3 is 5.97 Å². The van der Waals surface area contributed by atoms with E-state index in [0.717, 1.165) is 19.3 Å². The van der Waals surface area contributed by atoms with Crippen LogP contribution in [-0.2, 0) is 14.3 Å². The van der Waals surface area contributed by atoms with Gasteiger partial charge in [-0.1, -0.05) is 50.8 Å². The van der Waals surface area contributed by atoms with Crippen molar-refractivity contribution in [3.8, 4) is 0 Å². The molecule has 3 nitrogen and oxygen atoms in total. The minimum atomic E-state index is -0.396. The number of carbonyl (C=O) groups is 1. The Balaban J connectivity index is 1.55. The van der Waals surface area contributed by atoms with Crippen molar-refractivity contribution in [2.24, 2.45) is 11.8 Å². The van der Waals surface area contributed by atoms with Gasteiger partial charge < -0.3 is 9.47 Å². The summed E-state index contributed by atoms with van der Waals surface area (Å²) in [5, 5.41) is 0. The highest BCUT2D eigenvalue weighted by Gasteiger charge is 2.49. The summed E-state index contributed by atoms with van der Waals surface area (Å²) in [4.78, 5) is 12.3. The third kappa shape index (κ3) is 3.93. The Labute approximate surface area is 146 Å². The molecule has 0 unspecified atom stereocenters. The predicted octanol–water partition coefficient (Wildman–Crippen LogP) is 4.96. The van der Waals surface area contributed by atoms with E-state index in [1.54, 1.807) is 0 Å². The molecule has 1 saturated carbocycles. The summed E-state index contributed by atoms with van der Waals surface area (Å²) in [5.74, 6) is 0.536. The highest BCUT2D eigenvalue weighted by molar-refractivity contribution is 5.77. The highest BCUT2D eigenvalue weighted by Crippen LogP contribution is 2.44. The van der Waals surface area contributed by atoms with Gasteiger partial charge in [0.1, 0.15) is 6.10 Å². The number of esters is 1. The molecule has 2 fully saturated rings. The van der Waals surface area contributed by atoms with Crippen molar-refractivity contribution in [2.45, 2.75) is 89.9 Å². The summed E-state index contributed by atoms with van der Waals surface area (Å²) in [6, 6.07) is 0. The number of carbonyl (C=O) groups excluding carboxylic acids is 1. The predicted molar refractivity (Wildman–Crippen MR) is 95.6 cm³/mol. The smallest absolute Gasteiger partial charge is 0.336 e. The van der Waals surface area contributed by atoms with Gasteiger partial charge in [-0.3, -0.25) is 0 Å². The number of rotatable bonds is 7. The van der Waals surface area contributed by atoms with E-state index in [9.17, 15) is 4.79 Å². The zero-order valence-corrected chi connectivity index (χ0v) is 15.2. The molecule has 0 N–H and O–H groups in total. The van der Waals surface area contributed by atoms with Crippen LogP contribution in [0, 0.1) is 11.8 Å². The Bertz CT molecular complexity index is 493. The minimum absolute atomic E-state index is 0.0626. The largest absolute Gasteiger partial charge is 0.460 e. The molecule has 0 spiro atoms. The molecule has 0 aromatic carbocycles. The van der Waals surface area contributed by atoms with Crippen molar-refractivity contribution in [2.75, 3.05) is 0 Å². The van der Waals surface area contributed by atoms with E-state index in [2.05, 4.69) is 32.1 Å².